The van der Waals surface area contributed by atoms with Crippen LogP contribution in [0.15, 0.2) is 273 Å². The van der Waals surface area contributed by atoms with Crippen LogP contribution in [-0.2, 0) is 75.1 Å². The third-order valence-corrected chi connectivity index (χ3v) is 16.3. The molecule has 512 valence electrons. The van der Waals surface area contributed by atoms with E-state index in [4.69, 9.17) is 40.0 Å². The van der Waals surface area contributed by atoms with E-state index in [2.05, 4.69) is 27.1 Å². The van der Waals surface area contributed by atoms with Gasteiger partial charge in [-0.2, -0.15) is 0 Å². The topological polar surface area (TPSA) is 155 Å². The Morgan fingerprint density at radius 3 is 1.10 bits per heavy atom. The van der Waals surface area contributed by atoms with Crippen molar-refractivity contribution < 1.29 is 42.8 Å². The van der Waals surface area contributed by atoms with Crippen LogP contribution in [0.2, 0.25) is 5.02 Å². The summed E-state index contributed by atoms with van der Waals surface area (Å²) in [6.45, 7) is 7.76. The molecule has 0 spiro atoms. The Hall–Kier alpha value is -11.3. The molecule has 0 aliphatic heterocycles. The van der Waals surface area contributed by atoms with E-state index in [1.807, 2.05) is 242 Å². The monoisotopic (exact) mass is 1360 g/mol. The first-order valence-corrected chi connectivity index (χ1v) is 33.6. The fourth-order valence-corrected chi connectivity index (χ4v) is 11.0. The third-order valence-electron chi connectivity index (χ3n) is 16.0. The van der Waals surface area contributed by atoms with Gasteiger partial charge in [-0.3, -0.25) is 29.3 Å². The fraction of sp³-hybridized carbons (Fsp3) is 0.214. The first kappa shape index (κ1) is 73.0. The van der Waals surface area contributed by atoms with Crippen molar-refractivity contribution in [2.45, 2.75) is 92.2 Å². The number of rotatable bonds is 30. The van der Waals surface area contributed by atoms with Gasteiger partial charge < -0.3 is 43.1 Å². The number of carbonyl (C=O) groups excluding carboxylic acids is 3. The first-order chi connectivity index (χ1) is 48.9. The summed E-state index contributed by atoms with van der Waals surface area (Å²) in [7, 11) is 4.86. The van der Waals surface area contributed by atoms with E-state index in [0.29, 0.717) is 111 Å². The molecule has 3 aromatic heterocycles. The van der Waals surface area contributed by atoms with E-state index >= 15 is 0 Å². The largest absolute Gasteiger partial charge is 0.493 e. The lowest BCUT2D eigenvalue weighted by molar-refractivity contribution is -0.136. The average Bonchev–Trinajstić information content (AvgIpc) is 0.850. The zero-order chi connectivity index (χ0) is 70.1. The maximum atomic E-state index is 13.4. The van der Waals surface area contributed by atoms with Gasteiger partial charge in [-0.15, -0.1) is 0 Å². The number of aryl methyl sites for hydroxylation is 1. The molecule has 11 aromatic rings. The molecule has 0 unspecified atom stereocenters. The second-order valence-corrected chi connectivity index (χ2v) is 24.2. The SMILES string of the molecule is COc1cc(CN(Cc2ccccn2)C(=O)C(C)C)ccc1OCc1ccccc1.COc1cc(CN(Cc2ccccn2)C(=O)CCCc2ccccc2)ccc1OCc1ccccc1.COc1cc(CN(Cc2ccccn2)C(=O)c2ccccc2Cl)ccc1OCc1ccccc1. The lowest BCUT2D eigenvalue weighted by Crippen LogP contribution is -2.33. The number of halogens is 1. The number of benzene rings is 8. The van der Waals surface area contributed by atoms with E-state index in [1.54, 1.807) is 69.1 Å². The van der Waals surface area contributed by atoms with Crippen LogP contribution in [0.4, 0.5) is 0 Å². The molecule has 100 heavy (non-hydrogen) atoms. The minimum absolute atomic E-state index is 0.0871. The van der Waals surface area contributed by atoms with Gasteiger partial charge >= 0.3 is 0 Å². The summed E-state index contributed by atoms with van der Waals surface area (Å²) in [6.07, 6.45) is 7.39. The number of amides is 3. The number of nitrogens with zero attached hydrogens (tertiary/aromatic N) is 6. The normalized spacial score (nSPS) is 10.6. The molecule has 3 amide bonds. The fourth-order valence-electron chi connectivity index (χ4n) is 10.8. The molecule has 11 rings (SSSR count). The molecule has 0 radical (unpaired) electrons. The van der Waals surface area contributed by atoms with Gasteiger partial charge in [0.2, 0.25) is 11.8 Å². The van der Waals surface area contributed by atoms with Crippen LogP contribution in [0.1, 0.15) is 93.1 Å². The molecule has 16 heteroatoms. The molecule has 8 aromatic carbocycles. The maximum Gasteiger partial charge on any atom is 0.256 e. The predicted octanol–water partition coefficient (Wildman–Crippen LogP) is 17.2. The quantitative estimate of drug-likeness (QED) is 0.0421. The Labute approximate surface area is 592 Å². The Bertz CT molecular complexity index is 4260. The van der Waals surface area contributed by atoms with E-state index < -0.39 is 0 Å². The highest BCUT2D eigenvalue weighted by atomic mass is 35.5. The van der Waals surface area contributed by atoms with Gasteiger partial charge in [-0.25, -0.2) is 0 Å². The van der Waals surface area contributed by atoms with E-state index in [0.717, 1.165) is 63.3 Å². The highest BCUT2D eigenvalue weighted by molar-refractivity contribution is 6.33. The van der Waals surface area contributed by atoms with Crippen molar-refractivity contribution in [3.63, 3.8) is 0 Å². The Morgan fingerprint density at radius 1 is 0.370 bits per heavy atom. The summed E-state index contributed by atoms with van der Waals surface area (Å²) in [6, 6.07) is 81.8. The van der Waals surface area contributed by atoms with Gasteiger partial charge in [-0.1, -0.05) is 195 Å². The standard InChI is InChI=1S/C31H32N2O3.C28H25ClN2O3.C25H28N2O3/c1-35-30-21-27(18-19-29(30)36-24-26-13-6-3-7-14-26)22-33(23-28-16-8-9-20-32-28)31(34)17-10-15-25-11-4-2-5-12-25;1-33-27-17-22(14-15-26(27)34-20-21-9-3-2-4-10-21)18-31(19-23-11-7-8-16-30-23)28(32)24-12-5-6-13-25(24)29;1-19(2)25(28)27(17-22-11-7-8-14-26-22)16-21-12-13-23(24(15-21)29-3)30-18-20-9-5-4-6-10-20/h2-9,11-14,16,18-21H,10,15,17,22-24H2,1H3;2-17H,18-20H2,1H3;4-15,19H,16-18H2,1-3H3. The molecule has 0 saturated heterocycles. The van der Waals surface area contributed by atoms with Gasteiger partial charge in [-0.05, 0) is 137 Å². The van der Waals surface area contributed by atoms with Crippen LogP contribution in [0, 0.1) is 5.92 Å². The van der Waals surface area contributed by atoms with Crippen molar-refractivity contribution in [1.82, 2.24) is 29.7 Å². The second kappa shape index (κ2) is 39.2. The van der Waals surface area contributed by atoms with Crippen LogP contribution < -0.4 is 28.4 Å². The van der Waals surface area contributed by atoms with Crippen molar-refractivity contribution in [3.8, 4) is 34.5 Å². The van der Waals surface area contributed by atoms with Crippen LogP contribution in [0.25, 0.3) is 0 Å². The van der Waals surface area contributed by atoms with E-state index in [9.17, 15) is 14.4 Å². The van der Waals surface area contributed by atoms with Crippen molar-refractivity contribution in [1.29, 1.82) is 0 Å². The van der Waals surface area contributed by atoms with Gasteiger partial charge in [0.15, 0.2) is 34.5 Å². The summed E-state index contributed by atoms with van der Waals surface area (Å²) in [5, 5.41) is 0.417. The molecule has 0 aliphatic rings. The number of ether oxygens (including phenoxy) is 6. The Kier molecular flexibility index (Phi) is 28.6. The lowest BCUT2D eigenvalue weighted by Gasteiger charge is -2.25. The molecule has 3 heterocycles. The molecular formula is C84H85ClN6O9. The predicted molar refractivity (Wildman–Crippen MR) is 392 cm³/mol. The van der Waals surface area contributed by atoms with Gasteiger partial charge in [0.05, 0.1) is 68.6 Å². The summed E-state index contributed by atoms with van der Waals surface area (Å²) in [4.78, 5) is 58.1. The summed E-state index contributed by atoms with van der Waals surface area (Å²) in [5.74, 6) is 3.84. The number of hydrogen-bond acceptors (Lipinski definition) is 12. The maximum absolute atomic E-state index is 13.4. The van der Waals surface area contributed by atoms with Crippen LogP contribution in [0.3, 0.4) is 0 Å². The second-order valence-electron chi connectivity index (χ2n) is 23.8. The smallest absolute Gasteiger partial charge is 0.256 e. The summed E-state index contributed by atoms with van der Waals surface area (Å²) >= 11 is 6.32. The number of aromatic nitrogens is 3. The summed E-state index contributed by atoms with van der Waals surface area (Å²) < 4.78 is 34.6. The molecule has 0 N–H and O–H groups in total. The zero-order valence-corrected chi connectivity index (χ0v) is 58.0. The van der Waals surface area contributed by atoms with Crippen molar-refractivity contribution >= 4 is 29.3 Å². The number of hydrogen-bond donors (Lipinski definition) is 0. The molecule has 15 nitrogen and oxygen atoms in total. The number of methoxy groups -OCH3 is 3. The molecule has 0 bridgehead atoms. The van der Waals surface area contributed by atoms with Gasteiger partial charge in [0, 0.05) is 50.6 Å². The van der Waals surface area contributed by atoms with Crippen molar-refractivity contribution in [2.24, 2.45) is 5.92 Å². The van der Waals surface area contributed by atoms with E-state index in [1.165, 1.54) is 5.56 Å². The Morgan fingerprint density at radius 2 is 0.720 bits per heavy atom. The van der Waals surface area contributed by atoms with Crippen molar-refractivity contribution in [3.05, 3.63) is 340 Å². The van der Waals surface area contributed by atoms with E-state index in [-0.39, 0.29) is 23.6 Å². The molecule has 0 aliphatic carbocycles. The van der Waals surface area contributed by atoms with Crippen LogP contribution in [0.5, 0.6) is 34.5 Å². The van der Waals surface area contributed by atoms with Crippen molar-refractivity contribution in [2.75, 3.05) is 21.3 Å². The zero-order valence-electron chi connectivity index (χ0n) is 57.3. The molecule has 0 fully saturated rings. The highest BCUT2D eigenvalue weighted by Gasteiger charge is 2.23. The van der Waals surface area contributed by atoms with Gasteiger partial charge in [0.1, 0.15) is 19.8 Å². The number of carbonyl (C=O) groups is 3. The molecule has 0 saturated carbocycles. The number of pyridine rings is 3. The summed E-state index contributed by atoms with van der Waals surface area (Å²) in [5.41, 5.74) is 10.3. The first-order valence-electron chi connectivity index (χ1n) is 33.3. The lowest BCUT2D eigenvalue weighted by atomic mass is 10.1. The minimum Gasteiger partial charge on any atom is -0.493 e. The van der Waals surface area contributed by atoms with Crippen LogP contribution >= 0.6 is 11.6 Å². The third kappa shape index (κ3) is 23.2. The van der Waals surface area contributed by atoms with Crippen LogP contribution in [-0.4, -0.2) is 68.7 Å². The Balaban J connectivity index is 0.000000176. The highest BCUT2D eigenvalue weighted by Crippen LogP contribution is 2.33. The minimum atomic E-state index is -0.167. The average molecular weight is 1360 g/mol. The molecular weight excluding hydrogens is 1270 g/mol. The van der Waals surface area contributed by atoms with Gasteiger partial charge in [0.25, 0.3) is 5.91 Å². The molecule has 0 atom stereocenters.